The molecule has 128 valence electrons. The fourth-order valence-electron chi connectivity index (χ4n) is 2.81. The van der Waals surface area contributed by atoms with E-state index in [1.165, 1.54) is 4.31 Å². The number of benzene rings is 1. The highest BCUT2D eigenvalue weighted by molar-refractivity contribution is 7.89. The van der Waals surface area contributed by atoms with Crippen LogP contribution in [-0.4, -0.2) is 70.9 Å². The zero-order valence-electron chi connectivity index (χ0n) is 13.2. The van der Waals surface area contributed by atoms with E-state index in [2.05, 4.69) is 4.90 Å². The normalized spacial score (nSPS) is 19.2. The second-order valence-corrected chi connectivity index (χ2v) is 7.55. The van der Waals surface area contributed by atoms with Crippen LogP contribution in [0.5, 0.6) is 11.5 Å². The number of rotatable bonds is 6. The fourth-order valence-corrected chi connectivity index (χ4v) is 4.25. The van der Waals surface area contributed by atoms with Crippen LogP contribution in [0.4, 0.5) is 0 Å². The average molecular weight is 342 g/mol. The molecule has 0 saturated carbocycles. The third kappa shape index (κ3) is 3.60. The Balaban J connectivity index is 1.63. The maximum atomic E-state index is 12.7. The summed E-state index contributed by atoms with van der Waals surface area (Å²) in [6, 6.07) is 4.77. The van der Waals surface area contributed by atoms with Gasteiger partial charge in [-0.2, -0.15) is 4.31 Å². The van der Waals surface area contributed by atoms with Crippen LogP contribution in [0.15, 0.2) is 23.1 Å². The lowest BCUT2D eigenvalue weighted by molar-refractivity contribution is 0.149. The summed E-state index contributed by atoms with van der Waals surface area (Å²) in [5, 5.41) is 0. The Morgan fingerprint density at radius 1 is 1.13 bits per heavy atom. The Hall–Kier alpha value is -1.35. The summed E-state index contributed by atoms with van der Waals surface area (Å²) in [7, 11) is -1.80. The molecule has 0 spiro atoms. The van der Waals surface area contributed by atoms with E-state index in [0.717, 1.165) is 32.7 Å². The zero-order chi connectivity index (χ0) is 16.3. The van der Waals surface area contributed by atoms with Crippen LogP contribution in [0.1, 0.15) is 6.42 Å². The van der Waals surface area contributed by atoms with Crippen molar-refractivity contribution >= 4 is 10.0 Å². The fraction of sp³-hybridized carbons (Fsp3) is 0.600. The molecular formula is C15H22N2O5S. The molecule has 0 atom stereocenters. The van der Waals surface area contributed by atoms with Crippen molar-refractivity contribution in [2.24, 2.45) is 0 Å². The van der Waals surface area contributed by atoms with E-state index in [9.17, 15) is 8.42 Å². The molecule has 0 N–H and O–H groups in total. The molecule has 1 fully saturated rings. The molecule has 0 aromatic heterocycles. The maximum absolute atomic E-state index is 12.7. The number of methoxy groups -OCH3 is 1. The van der Waals surface area contributed by atoms with Gasteiger partial charge in [0, 0.05) is 52.5 Å². The molecule has 2 aliphatic heterocycles. The largest absolute Gasteiger partial charge is 0.454 e. The third-order valence-corrected chi connectivity index (χ3v) is 6.03. The van der Waals surface area contributed by atoms with E-state index in [0.29, 0.717) is 24.6 Å². The van der Waals surface area contributed by atoms with Gasteiger partial charge in [0.25, 0.3) is 0 Å². The molecule has 0 unspecified atom stereocenters. The van der Waals surface area contributed by atoms with Crippen molar-refractivity contribution in [3.05, 3.63) is 18.2 Å². The van der Waals surface area contributed by atoms with E-state index in [-0.39, 0.29) is 11.7 Å². The van der Waals surface area contributed by atoms with Crippen LogP contribution >= 0.6 is 0 Å². The number of sulfonamides is 1. The first kappa shape index (κ1) is 16.5. The van der Waals surface area contributed by atoms with Gasteiger partial charge in [-0.1, -0.05) is 0 Å². The van der Waals surface area contributed by atoms with Gasteiger partial charge in [-0.25, -0.2) is 8.42 Å². The summed E-state index contributed by atoms with van der Waals surface area (Å²) in [4.78, 5) is 2.53. The minimum absolute atomic E-state index is 0.138. The first-order valence-corrected chi connectivity index (χ1v) is 9.16. The van der Waals surface area contributed by atoms with E-state index in [1.807, 2.05) is 0 Å². The van der Waals surface area contributed by atoms with Gasteiger partial charge in [0.1, 0.15) is 0 Å². The summed E-state index contributed by atoms with van der Waals surface area (Å²) >= 11 is 0. The Kier molecular flexibility index (Phi) is 5.05. The van der Waals surface area contributed by atoms with Crippen molar-refractivity contribution in [3.8, 4) is 11.5 Å². The lowest BCUT2D eigenvalue weighted by atomic mass is 10.3. The van der Waals surface area contributed by atoms with Crippen LogP contribution in [-0.2, 0) is 14.8 Å². The second-order valence-electron chi connectivity index (χ2n) is 5.61. The van der Waals surface area contributed by atoms with Gasteiger partial charge < -0.3 is 19.1 Å². The standard InChI is InChI=1S/C15H22N2O5S/c1-20-10-2-5-16-6-8-17(9-7-16)23(18,19)13-3-4-14-15(11-13)22-12-21-14/h3-4,11H,2,5-10,12H2,1H3. The van der Waals surface area contributed by atoms with Crippen molar-refractivity contribution in [1.29, 1.82) is 0 Å². The average Bonchev–Trinajstić information content (AvgIpc) is 3.03. The van der Waals surface area contributed by atoms with Crippen LogP contribution in [0.3, 0.4) is 0 Å². The molecule has 0 radical (unpaired) electrons. The lowest BCUT2D eigenvalue weighted by Gasteiger charge is -2.33. The summed E-state index contributed by atoms with van der Waals surface area (Å²) in [6.07, 6.45) is 0.964. The highest BCUT2D eigenvalue weighted by Gasteiger charge is 2.29. The first-order valence-electron chi connectivity index (χ1n) is 7.72. The number of piperazine rings is 1. The maximum Gasteiger partial charge on any atom is 0.243 e. The van der Waals surface area contributed by atoms with Crippen molar-refractivity contribution in [1.82, 2.24) is 9.21 Å². The van der Waals surface area contributed by atoms with E-state index < -0.39 is 10.0 Å². The van der Waals surface area contributed by atoms with Gasteiger partial charge in [-0.15, -0.1) is 0 Å². The van der Waals surface area contributed by atoms with Gasteiger partial charge >= 0.3 is 0 Å². The Bertz CT molecular complexity index is 641. The molecular weight excluding hydrogens is 320 g/mol. The summed E-state index contributed by atoms with van der Waals surface area (Å²) in [6.45, 7) is 4.30. The van der Waals surface area contributed by atoms with Crippen molar-refractivity contribution < 1.29 is 22.6 Å². The molecule has 1 aromatic carbocycles. The Morgan fingerprint density at radius 3 is 2.61 bits per heavy atom. The number of hydrogen-bond donors (Lipinski definition) is 0. The first-order chi connectivity index (χ1) is 11.1. The number of nitrogens with zero attached hydrogens (tertiary/aromatic N) is 2. The van der Waals surface area contributed by atoms with Gasteiger partial charge in [0.2, 0.25) is 16.8 Å². The molecule has 2 heterocycles. The minimum Gasteiger partial charge on any atom is -0.454 e. The molecule has 3 rings (SSSR count). The molecule has 2 aliphatic rings. The lowest BCUT2D eigenvalue weighted by Crippen LogP contribution is -2.48. The summed E-state index contributed by atoms with van der Waals surface area (Å²) in [5.41, 5.74) is 0. The molecule has 23 heavy (non-hydrogen) atoms. The van der Waals surface area contributed by atoms with E-state index in [4.69, 9.17) is 14.2 Å². The molecule has 8 heteroatoms. The van der Waals surface area contributed by atoms with Gasteiger partial charge in [0.15, 0.2) is 11.5 Å². The monoisotopic (exact) mass is 342 g/mol. The highest BCUT2D eigenvalue weighted by atomic mass is 32.2. The molecule has 0 amide bonds. The van der Waals surface area contributed by atoms with Crippen molar-refractivity contribution in [2.45, 2.75) is 11.3 Å². The van der Waals surface area contributed by atoms with Crippen LogP contribution < -0.4 is 9.47 Å². The molecule has 1 aromatic rings. The van der Waals surface area contributed by atoms with Gasteiger partial charge in [-0.3, -0.25) is 0 Å². The predicted octanol–water partition coefficient (Wildman–Crippen LogP) is 0.758. The summed E-state index contributed by atoms with van der Waals surface area (Å²) in [5.74, 6) is 1.08. The second kappa shape index (κ2) is 7.04. The molecule has 0 bridgehead atoms. The smallest absolute Gasteiger partial charge is 0.243 e. The third-order valence-electron chi connectivity index (χ3n) is 4.14. The van der Waals surface area contributed by atoms with E-state index in [1.54, 1.807) is 25.3 Å². The predicted molar refractivity (Wildman–Crippen MR) is 84.3 cm³/mol. The quantitative estimate of drug-likeness (QED) is 0.711. The highest BCUT2D eigenvalue weighted by Crippen LogP contribution is 2.34. The van der Waals surface area contributed by atoms with Crippen molar-refractivity contribution in [3.63, 3.8) is 0 Å². The zero-order valence-corrected chi connectivity index (χ0v) is 14.0. The van der Waals surface area contributed by atoms with Crippen LogP contribution in [0, 0.1) is 0 Å². The molecule has 1 saturated heterocycles. The topological polar surface area (TPSA) is 68.3 Å². The minimum atomic E-state index is -3.49. The Labute approximate surface area is 136 Å². The van der Waals surface area contributed by atoms with Crippen molar-refractivity contribution in [2.75, 3.05) is 53.2 Å². The van der Waals surface area contributed by atoms with Crippen LogP contribution in [0.25, 0.3) is 0 Å². The molecule has 0 aliphatic carbocycles. The number of fused-ring (bicyclic) bond motifs is 1. The molecule has 7 nitrogen and oxygen atoms in total. The van der Waals surface area contributed by atoms with E-state index >= 15 is 0 Å². The van der Waals surface area contributed by atoms with Gasteiger partial charge in [-0.05, 0) is 18.6 Å². The van der Waals surface area contributed by atoms with Crippen LogP contribution in [0.2, 0.25) is 0 Å². The number of hydrogen-bond acceptors (Lipinski definition) is 6. The number of ether oxygens (including phenoxy) is 3. The Morgan fingerprint density at radius 2 is 1.87 bits per heavy atom. The van der Waals surface area contributed by atoms with Gasteiger partial charge in [0.05, 0.1) is 4.90 Å². The summed E-state index contributed by atoms with van der Waals surface area (Å²) < 4.78 is 42.6. The SMILES string of the molecule is COCCCN1CCN(S(=O)(=O)c2ccc3c(c2)OCO3)CC1.